The van der Waals surface area contributed by atoms with Crippen molar-refractivity contribution in [3.63, 3.8) is 0 Å². The lowest BCUT2D eigenvalue weighted by atomic mass is 10.0. The number of thiophene rings is 1. The normalized spacial score (nSPS) is 12.2. The quantitative estimate of drug-likeness (QED) is 0.831. The first-order valence-corrected chi connectivity index (χ1v) is 7.68. The van der Waals surface area contributed by atoms with Gasteiger partial charge in [-0.25, -0.2) is 0 Å². The highest BCUT2D eigenvalue weighted by molar-refractivity contribution is 7.10. The number of hydrogen-bond donors (Lipinski definition) is 2. The van der Waals surface area contributed by atoms with E-state index in [1.54, 1.807) is 36.6 Å². The lowest BCUT2D eigenvalue weighted by Gasteiger charge is -2.22. The number of amides is 1. The van der Waals surface area contributed by atoms with Gasteiger partial charge in [0.1, 0.15) is 5.75 Å². The number of anilines is 1. The smallest absolute Gasteiger partial charge is 0.255 e. The lowest BCUT2D eigenvalue weighted by molar-refractivity contribution is 0.0923. The molecule has 21 heavy (non-hydrogen) atoms. The standard InChI is InChI=1S/C16H20N2O2S/c1-10(2)15(14-5-4-8-21-14)18-16(19)12-9-11(17)6-7-13(12)20-3/h4-10,15H,17H2,1-3H3,(H,18,19). The van der Waals surface area contributed by atoms with Gasteiger partial charge in [0, 0.05) is 10.6 Å². The maximum Gasteiger partial charge on any atom is 0.255 e. The van der Waals surface area contributed by atoms with Crippen LogP contribution in [0.4, 0.5) is 5.69 Å². The third-order valence-corrected chi connectivity index (χ3v) is 4.23. The van der Waals surface area contributed by atoms with Crippen molar-refractivity contribution in [2.75, 3.05) is 12.8 Å². The fourth-order valence-electron chi connectivity index (χ4n) is 2.16. The number of nitrogen functional groups attached to an aromatic ring is 1. The second-order valence-electron chi connectivity index (χ2n) is 5.17. The van der Waals surface area contributed by atoms with Crippen molar-refractivity contribution in [3.05, 3.63) is 46.2 Å². The second-order valence-corrected chi connectivity index (χ2v) is 6.15. The van der Waals surface area contributed by atoms with Crippen LogP contribution in [0.1, 0.15) is 35.1 Å². The van der Waals surface area contributed by atoms with Crippen molar-refractivity contribution in [3.8, 4) is 5.75 Å². The van der Waals surface area contributed by atoms with Crippen LogP contribution in [0.2, 0.25) is 0 Å². The molecule has 1 heterocycles. The molecule has 0 saturated carbocycles. The van der Waals surface area contributed by atoms with Crippen LogP contribution in [0, 0.1) is 5.92 Å². The van der Waals surface area contributed by atoms with Crippen molar-refractivity contribution in [1.29, 1.82) is 0 Å². The molecule has 0 aliphatic rings. The predicted octanol–water partition coefficient (Wildman–Crippen LogP) is 3.47. The molecule has 1 atom stereocenters. The van der Waals surface area contributed by atoms with Gasteiger partial charge in [-0.3, -0.25) is 4.79 Å². The van der Waals surface area contributed by atoms with Crippen molar-refractivity contribution in [2.45, 2.75) is 19.9 Å². The molecule has 1 aromatic heterocycles. The average Bonchev–Trinajstić information content (AvgIpc) is 2.97. The molecule has 2 aromatic rings. The van der Waals surface area contributed by atoms with Gasteiger partial charge in [0.25, 0.3) is 5.91 Å². The molecule has 0 bridgehead atoms. The van der Waals surface area contributed by atoms with Crippen LogP contribution in [-0.4, -0.2) is 13.0 Å². The summed E-state index contributed by atoms with van der Waals surface area (Å²) in [5, 5.41) is 5.08. The van der Waals surface area contributed by atoms with Crippen molar-refractivity contribution < 1.29 is 9.53 Å². The van der Waals surface area contributed by atoms with Crippen molar-refractivity contribution >= 4 is 22.9 Å². The largest absolute Gasteiger partial charge is 0.496 e. The maximum absolute atomic E-state index is 12.5. The Morgan fingerprint density at radius 1 is 1.33 bits per heavy atom. The van der Waals surface area contributed by atoms with Crippen molar-refractivity contribution in [2.24, 2.45) is 5.92 Å². The zero-order valence-electron chi connectivity index (χ0n) is 12.4. The Morgan fingerprint density at radius 3 is 2.67 bits per heavy atom. The molecule has 0 aliphatic heterocycles. The van der Waals surface area contributed by atoms with E-state index in [1.807, 2.05) is 17.5 Å². The third kappa shape index (κ3) is 3.55. The Hall–Kier alpha value is -2.01. The van der Waals surface area contributed by atoms with E-state index in [2.05, 4.69) is 19.2 Å². The van der Waals surface area contributed by atoms with Gasteiger partial charge >= 0.3 is 0 Å². The van der Waals surface area contributed by atoms with Crippen LogP contribution in [0.25, 0.3) is 0 Å². The van der Waals surface area contributed by atoms with E-state index in [1.165, 1.54) is 0 Å². The Balaban J connectivity index is 2.26. The first-order chi connectivity index (χ1) is 10.0. The van der Waals surface area contributed by atoms with E-state index in [-0.39, 0.29) is 11.9 Å². The second kappa shape index (κ2) is 6.63. The summed E-state index contributed by atoms with van der Waals surface area (Å²) in [5.74, 6) is 0.640. The molecule has 112 valence electrons. The molecular weight excluding hydrogens is 284 g/mol. The molecule has 1 unspecified atom stereocenters. The van der Waals surface area contributed by atoms with Crippen LogP contribution in [0.15, 0.2) is 35.7 Å². The highest BCUT2D eigenvalue weighted by Gasteiger charge is 2.21. The fourth-order valence-corrected chi connectivity index (χ4v) is 3.11. The summed E-state index contributed by atoms with van der Waals surface area (Å²) in [4.78, 5) is 13.7. The topological polar surface area (TPSA) is 64.3 Å². The number of nitrogens with two attached hydrogens (primary N) is 1. The number of benzene rings is 1. The van der Waals surface area contributed by atoms with Gasteiger partial charge in [-0.15, -0.1) is 11.3 Å². The van der Waals surface area contributed by atoms with E-state index in [0.29, 0.717) is 22.9 Å². The van der Waals surface area contributed by atoms with E-state index < -0.39 is 0 Å². The number of carbonyl (C=O) groups excluding carboxylic acids is 1. The number of carbonyl (C=O) groups is 1. The van der Waals surface area contributed by atoms with Crippen LogP contribution in [0.5, 0.6) is 5.75 Å². The molecule has 1 aromatic carbocycles. The molecule has 0 saturated heterocycles. The Labute approximate surface area is 128 Å². The highest BCUT2D eigenvalue weighted by Crippen LogP contribution is 2.28. The van der Waals surface area contributed by atoms with Gasteiger partial charge < -0.3 is 15.8 Å². The summed E-state index contributed by atoms with van der Waals surface area (Å²) in [5.41, 5.74) is 6.77. The van der Waals surface area contributed by atoms with Gasteiger partial charge in [0.2, 0.25) is 0 Å². The first-order valence-electron chi connectivity index (χ1n) is 6.80. The zero-order valence-corrected chi connectivity index (χ0v) is 13.2. The number of hydrogen-bond acceptors (Lipinski definition) is 4. The molecule has 0 radical (unpaired) electrons. The lowest BCUT2D eigenvalue weighted by Crippen LogP contribution is -2.31. The summed E-state index contributed by atoms with van der Waals surface area (Å²) in [6.45, 7) is 4.17. The molecule has 0 aliphatic carbocycles. The Morgan fingerprint density at radius 2 is 2.10 bits per heavy atom. The van der Waals surface area contributed by atoms with Crippen molar-refractivity contribution in [1.82, 2.24) is 5.32 Å². The van der Waals surface area contributed by atoms with E-state index in [0.717, 1.165) is 4.88 Å². The zero-order chi connectivity index (χ0) is 15.4. The van der Waals surface area contributed by atoms with Gasteiger partial charge in [0.05, 0.1) is 18.7 Å². The maximum atomic E-state index is 12.5. The summed E-state index contributed by atoms with van der Waals surface area (Å²) in [6, 6.07) is 9.06. The van der Waals surface area contributed by atoms with Gasteiger partial charge in [-0.05, 0) is 35.6 Å². The average molecular weight is 304 g/mol. The predicted molar refractivity (Wildman–Crippen MR) is 86.8 cm³/mol. The van der Waals surface area contributed by atoms with E-state index >= 15 is 0 Å². The van der Waals surface area contributed by atoms with E-state index in [4.69, 9.17) is 10.5 Å². The van der Waals surface area contributed by atoms with Crippen LogP contribution in [0.3, 0.4) is 0 Å². The van der Waals surface area contributed by atoms with Crippen LogP contribution >= 0.6 is 11.3 Å². The SMILES string of the molecule is COc1ccc(N)cc1C(=O)NC(c1cccs1)C(C)C. The summed E-state index contributed by atoms with van der Waals surface area (Å²) in [7, 11) is 1.54. The monoisotopic (exact) mass is 304 g/mol. The third-order valence-electron chi connectivity index (χ3n) is 3.27. The van der Waals surface area contributed by atoms with Gasteiger partial charge in [-0.1, -0.05) is 19.9 Å². The summed E-state index contributed by atoms with van der Waals surface area (Å²) >= 11 is 1.64. The van der Waals surface area contributed by atoms with E-state index in [9.17, 15) is 4.79 Å². The number of ether oxygens (including phenoxy) is 1. The minimum Gasteiger partial charge on any atom is -0.496 e. The fraction of sp³-hybridized carbons (Fsp3) is 0.312. The minimum atomic E-state index is -0.175. The number of rotatable bonds is 5. The van der Waals surface area contributed by atoms with Crippen LogP contribution in [-0.2, 0) is 0 Å². The summed E-state index contributed by atoms with van der Waals surface area (Å²) in [6.07, 6.45) is 0. The Bertz CT molecular complexity index is 609. The molecule has 0 spiro atoms. The number of methoxy groups -OCH3 is 1. The molecular formula is C16H20N2O2S. The Kier molecular flexibility index (Phi) is 4.85. The first kappa shape index (κ1) is 15.4. The van der Waals surface area contributed by atoms with Gasteiger partial charge in [-0.2, -0.15) is 0 Å². The highest BCUT2D eigenvalue weighted by atomic mass is 32.1. The van der Waals surface area contributed by atoms with Crippen LogP contribution < -0.4 is 15.8 Å². The molecule has 1 amide bonds. The molecule has 0 fully saturated rings. The molecule has 4 nitrogen and oxygen atoms in total. The molecule has 2 rings (SSSR count). The summed E-state index contributed by atoms with van der Waals surface area (Å²) < 4.78 is 5.24. The number of nitrogens with one attached hydrogen (secondary N) is 1. The van der Waals surface area contributed by atoms with Gasteiger partial charge in [0.15, 0.2) is 0 Å². The molecule has 3 N–H and O–H groups in total. The minimum absolute atomic E-state index is 0.0244. The molecule has 5 heteroatoms.